The Kier molecular flexibility index (Phi) is 2.12. The van der Waals surface area contributed by atoms with Crippen molar-refractivity contribution in [1.29, 1.82) is 0 Å². The first-order valence-corrected chi connectivity index (χ1v) is 3.59. The Morgan fingerprint density at radius 3 is 2.78 bits per heavy atom. The van der Waals surface area contributed by atoms with Crippen LogP contribution in [0.5, 0.6) is 0 Å². The van der Waals surface area contributed by atoms with E-state index in [4.69, 9.17) is 0 Å². The van der Waals surface area contributed by atoms with Crippen LogP contribution in [0, 0.1) is 0 Å². The van der Waals surface area contributed by atoms with Gasteiger partial charge in [-0.25, -0.2) is 0 Å². The summed E-state index contributed by atoms with van der Waals surface area (Å²) in [6, 6.07) is 3.94. The van der Waals surface area contributed by atoms with Gasteiger partial charge in [0.2, 0.25) is 0 Å². The van der Waals surface area contributed by atoms with E-state index in [9.17, 15) is 0 Å². The fourth-order valence-corrected chi connectivity index (χ4v) is 0.811. The second kappa shape index (κ2) is 2.88. The second-order valence-corrected chi connectivity index (χ2v) is 2.74. The van der Waals surface area contributed by atoms with E-state index in [1.54, 1.807) is 0 Å². The normalized spacial score (nSPS) is 9.11. The third kappa shape index (κ3) is 1.72. The Hall–Kier alpha value is -0.492. The molecule has 0 aliphatic heterocycles. The maximum atomic E-state index is 4.07. The number of hydrogen-bond acceptors (Lipinski definition) is 2. The maximum absolute atomic E-state index is 4.07. The van der Waals surface area contributed by atoms with Crippen LogP contribution in [0.15, 0.2) is 18.3 Å². The Labute approximate surface area is 63.2 Å². The van der Waals surface area contributed by atoms with Crippen LogP contribution >= 0.6 is 0 Å². The molecule has 2 radical (unpaired) electrons. The molecule has 3 heteroatoms. The van der Waals surface area contributed by atoms with Gasteiger partial charge in [-0.1, -0.05) is 0 Å². The molecule has 9 heavy (non-hydrogen) atoms. The summed E-state index contributed by atoms with van der Waals surface area (Å²) in [6.45, 7) is 0. The number of nitrogens with zero attached hydrogens (tertiary/aromatic N) is 1. The summed E-state index contributed by atoms with van der Waals surface area (Å²) >= 11 is 2.44. The van der Waals surface area contributed by atoms with E-state index in [0.29, 0.717) is 0 Å². The number of nitrogens with one attached hydrogen (secondary N) is 1. The molecule has 2 nitrogen and oxygen atoms in total. The van der Waals surface area contributed by atoms with Crippen molar-refractivity contribution in [3.63, 3.8) is 0 Å². The van der Waals surface area contributed by atoms with Crippen LogP contribution in [0.3, 0.4) is 0 Å². The van der Waals surface area contributed by atoms with Gasteiger partial charge in [0.15, 0.2) is 0 Å². The summed E-state index contributed by atoms with van der Waals surface area (Å²) in [5.41, 5.74) is 0. The number of rotatable bonds is 1. The van der Waals surface area contributed by atoms with Gasteiger partial charge < -0.3 is 0 Å². The van der Waals surface area contributed by atoms with Crippen molar-refractivity contribution >= 4 is 27.0 Å². The predicted octanol–water partition coefficient (Wildman–Crippen LogP) is -0.0829. The van der Waals surface area contributed by atoms with Gasteiger partial charge >= 0.3 is 62.7 Å². The zero-order chi connectivity index (χ0) is 6.69. The molecule has 0 saturated carbocycles. The summed E-state index contributed by atoms with van der Waals surface area (Å²) in [6.07, 6.45) is 1.81. The molecule has 0 spiro atoms. The Morgan fingerprint density at radius 1 is 1.56 bits per heavy atom. The minimum absolute atomic E-state index is 0.907. The summed E-state index contributed by atoms with van der Waals surface area (Å²) in [5.74, 6) is 0.907. The monoisotopic (exact) mass is 182 g/mol. The van der Waals surface area contributed by atoms with Gasteiger partial charge in [-0.3, -0.25) is 0 Å². The Bertz CT molecular complexity index is 183. The minimum atomic E-state index is 0.907. The third-order valence-corrected chi connectivity index (χ3v) is 1.56. The number of hydrogen-bond donors (Lipinski definition) is 1. The van der Waals surface area contributed by atoms with E-state index < -0.39 is 0 Å². The molecular formula is C6H7AsN2. The molecule has 0 bridgehead atoms. The summed E-state index contributed by atoms with van der Waals surface area (Å²) in [7, 11) is 1.85. The van der Waals surface area contributed by atoms with E-state index in [0.717, 1.165) is 10.2 Å². The average Bonchev–Trinajstić information content (AvgIpc) is 1.90. The van der Waals surface area contributed by atoms with E-state index in [2.05, 4.69) is 27.2 Å². The van der Waals surface area contributed by atoms with Crippen LogP contribution in [0.4, 0.5) is 5.82 Å². The topological polar surface area (TPSA) is 24.9 Å². The molecule has 1 N–H and O–H groups in total. The predicted molar refractivity (Wildman–Crippen MR) is 39.2 cm³/mol. The van der Waals surface area contributed by atoms with E-state index in [1.165, 1.54) is 0 Å². The summed E-state index contributed by atoms with van der Waals surface area (Å²) in [5, 5.41) is 2.94. The van der Waals surface area contributed by atoms with Gasteiger partial charge in [-0.2, -0.15) is 0 Å². The van der Waals surface area contributed by atoms with Crippen LogP contribution in [-0.4, -0.2) is 28.9 Å². The first kappa shape index (κ1) is 6.63. The molecule has 0 amide bonds. The molecule has 0 saturated heterocycles. The van der Waals surface area contributed by atoms with Crippen LogP contribution in [0.1, 0.15) is 0 Å². The third-order valence-electron chi connectivity index (χ3n) is 1.00. The van der Waals surface area contributed by atoms with E-state index in [1.807, 2.05) is 25.4 Å². The van der Waals surface area contributed by atoms with Crippen molar-refractivity contribution in [1.82, 2.24) is 4.98 Å². The first-order chi connectivity index (χ1) is 4.33. The van der Waals surface area contributed by atoms with Gasteiger partial charge in [-0.05, 0) is 0 Å². The van der Waals surface area contributed by atoms with Crippen molar-refractivity contribution < 1.29 is 0 Å². The fourth-order valence-electron chi connectivity index (χ4n) is 0.534. The van der Waals surface area contributed by atoms with Crippen molar-refractivity contribution in [3.8, 4) is 0 Å². The van der Waals surface area contributed by atoms with Crippen LogP contribution in [0.2, 0.25) is 0 Å². The molecule has 0 aromatic carbocycles. The molecule has 1 aromatic rings. The number of aromatic nitrogens is 1. The van der Waals surface area contributed by atoms with Crippen molar-refractivity contribution in [2.45, 2.75) is 0 Å². The zero-order valence-corrected chi connectivity index (χ0v) is 7.00. The van der Waals surface area contributed by atoms with Crippen LogP contribution < -0.4 is 9.67 Å². The van der Waals surface area contributed by atoms with Gasteiger partial charge in [0.1, 0.15) is 0 Å². The standard InChI is InChI=1S/C6H7AsN2/c1-8-6-3-2-5(7)4-9-6/h2-4H,1H3,(H,8,9). The number of anilines is 1. The van der Waals surface area contributed by atoms with E-state index in [-0.39, 0.29) is 0 Å². The molecular weight excluding hydrogens is 175 g/mol. The average molecular weight is 182 g/mol. The molecule has 0 fully saturated rings. The first-order valence-electron chi connectivity index (χ1n) is 2.65. The van der Waals surface area contributed by atoms with Gasteiger partial charge in [0, 0.05) is 0 Å². The Balaban J connectivity index is 2.88. The molecule has 1 heterocycles. The van der Waals surface area contributed by atoms with Crippen LogP contribution in [-0.2, 0) is 0 Å². The second-order valence-electron chi connectivity index (χ2n) is 1.65. The molecule has 0 aliphatic carbocycles. The van der Waals surface area contributed by atoms with Gasteiger partial charge in [0.25, 0.3) is 0 Å². The Morgan fingerprint density at radius 2 is 2.33 bits per heavy atom. The zero-order valence-electron chi connectivity index (χ0n) is 5.13. The van der Waals surface area contributed by atoms with Crippen molar-refractivity contribution in [2.24, 2.45) is 0 Å². The van der Waals surface area contributed by atoms with Gasteiger partial charge in [0.05, 0.1) is 0 Å². The summed E-state index contributed by atoms with van der Waals surface area (Å²) in [4.78, 5) is 4.07. The van der Waals surface area contributed by atoms with E-state index >= 15 is 0 Å². The quantitative estimate of drug-likeness (QED) is 0.614. The summed E-state index contributed by atoms with van der Waals surface area (Å²) < 4.78 is 1.13. The van der Waals surface area contributed by atoms with Crippen LogP contribution in [0.25, 0.3) is 0 Å². The SMILES string of the molecule is CNc1ccc([As])cn1. The molecule has 0 aliphatic rings. The molecule has 1 aromatic heterocycles. The molecule has 1 rings (SSSR count). The fraction of sp³-hybridized carbons (Fsp3) is 0.167. The molecule has 46 valence electrons. The van der Waals surface area contributed by atoms with Crippen molar-refractivity contribution in [3.05, 3.63) is 18.3 Å². The van der Waals surface area contributed by atoms with Crippen molar-refractivity contribution in [2.75, 3.05) is 12.4 Å². The molecule has 0 unspecified atom stereocenters. The van der Waals surface area contributed by atoms with Gasteiger partial charge in [-0.15, -0.1) is 0 Å². The number of pyridine rings is 1. The molecule has 0 atom stereocenters.